The summed E-state index contributed by atoms with van der Waals surface area (Å²) in [6.07, 6.45) is 2.76. The lowest BCUT2D eigenvalue weighted by Gasteiger charge is -1.83. The van der Waals surface area contributed by atoms with Crippen LogP contribution in [0.15, 0.2) is 40.3 Å². The third-order valence-electron chi connectivity index (χ3n) is 1.02. The predicted octanol–water partition coefficient (Wildman–Crippen LogP) is 1.61. The summed E-state index contributed by atoms with van der Waals surface area (Å²) < 4.78 is 0. The Kier molecular flexibility index (Phi) is 6.82. The van der Waals surface area contributed by atoms with Crippen LogP contribution in [-0.4, -0.2) is 19.2 Å². The van der Waals surface area contributed by atoms with Crippen LogP contribution in [0.1, 0.15) is 0 Å². The van der Waals surface area contributed by atoms with E-state index < -0.39 is 0 Å². The van der Waals surface area contributed by atoms with Crippen molar-refractivity contribution >= 4 is 17.8 Å². The number of benzene rings is 1. The molecule has 0 fully saturated rings. The van der Waals surface area contributed by atoms with Crippen molar-refractivity contribution in [1.82, 2.24) is 0 Å². The van der Waals surface area contributed by atoms with Crippen LogP contribution in [0.3, 0.4) is 0 Å². The van der Waals surface area contributed by atoms with E-state index in [2.05, 4.69) is 9.98 Å². The monoisotopic (exact) mass is 176 g/mol. The molecule has 0 aliphatic rings. The first-order chi connectivity index (χ1) is 6.35. The molecule has 0 bridgehead atoms. The van der Waals surface area contributed by atoms with E-state index in [1.54, 1.807) is 12.1 Å². The van der Waals surface area contributed by atoms with Gasteiger partial charge in [-0.1, -0.05) is 18.2 Å². The summed E-state index contributed by atoms with van der Waals surface area (Å²) in [5, 5.41) is 0. The minimum atomic E-state index is 0.646. The van der Waals surface area contributed by atoms with Crippen molar-refractivity contribution in [1.29, 1.82) is 0 Å². The van der Waals surface area contributed by atoms with Gasteiger partial charge in [0.05, 0.1) is 5.69 Å². The molecule has 0 spiro atoms. The molecule has 0 saturated heterocycles. The van der Waals surface area contributed by atoms with Crippen molar-refractivity contribution in [2.24, 2.45) is 9.98 Å². The van der Waals surface area contributed by atoms with Gasteiger partial charge in [-0.3, -0.25) is 0 Å². The highest BCUT2D eigenvalue weighted by molar-refractivity contribution is 5.47. The molecule has 4 nitrogen and oxygen atoms in total. The fraction of sp³-hybridized carbons (Fsp3) is 0.111. The summed E-state index contributed by atoms with van der Waals surface area (Å²) >= 11 is 0. The Bertz CT molecular complexity index is 323. The molecular weight excluding hydrogens is 168 g/mol. The van der Waals surface area contributed by atoms with Crippen LogP contribution >= 0.6 is 0 Å². The highest BCUT2D eigenvalue weighted by Gasteiger charge is 1.79. The summed E-state index contributed by atoms with van der Waals surface area (Å²) in [4.78, 5) is 24.9. The molecule has 0 heterocycles. The van der Waals surface area contributed by atoms with Gasteiger partial charge in [0.25, 0.3) is 0 Å². The average molecular weight is 176 g/mol. The van der Waals surface area contributed by atoms with E-state index in [1.165, 1.54) is 19.2 Å². The second kappa shape index (κ2) is 8.08. The molecule has 1 rings (SSSR count). The Morgan fingerprint density at radius 3 is 2.00 bits per heavy atom. The first kappa shape index (κ1) is 11.0. The second-order valence-electron chi connectivity index (χ2n) is 1.85. The molecule has 13 heavy (non-hydrogen) atoms. The van der Waals surface area contributed by atoms with Crippen LogP contribution in [0.4, 0.5) is 5.69 Å². The molecule has 0 aliphatic heterocycles. The topological polar surface area (TPSA) is 58.9 Å². The second-order valence-corrected chi connectivity index (χ2v) is 1.85. The van der Waals surface area contributed by atoms with E-state index in [1.807, 2.05) is 18.2 Å². The average Bonchev–Trinajstić information content (AvgIpc) is 2.20. The number of nitrogens with zero attached hydrogens (tertiary/aromatic N) is 2. The predicted molar refractivity (Wildman–Crippen MR) is 48.3 cm³/mol. The molecule has 1 aromatic carbocycles. The van der Waals surface area contributed by atoms with E-state index in [0.29, 0.717) is 5.69 Å². The lowest BCUT2D eigenvalue weighted by molar-refractivity contribution is 0.564. The largest absolute Gasteiger partial charge is 0.240 e. The van der Waals surface area contributed by atoms with Gasteiger partial charge in [0.2, 0.25) is 12.2 Å². The molecule has 0 N–H and O–H groups in total. The van der Waals surface area contributed by atoms with Crippen LogP contribution in [-0.2, 0) is 9.59 Å². The first-order valence-corrected chi connectivity index (χ1v) is 3.44. The normalized spacial score (nSPS) is 6.85. The quantitative estimate of drug-likeness (QED) is 0.482. The Morgan fingerprint density at radius 2 is 1.62 bits per heavy atom. The maximum Gasteiger partial charge on any atom is 0.240 e. The van der Waals surface area contributed by atoms with Gasteiger partial charge in [0.15, 0.2) is 0 Å². The number of para-hydroxylation sites is 1. The van der Waals surface area contributed by atoms with E-state index in [4.69, 9.17) is 4.79 Å². The fourth-order valence-corrected chi connectivity index (χ4v) is 0.555. The molecule has 0 aliphatic carbocycles. The van der Waals surface area contributed by atoms with Crippen molar-refractivity contribution in [3.8, 4) is 0 Å². The maximum atomic E-state index is 9.68. The van der Waals surface area contributed by atoms with Crippen LogP contribution in [0.5, 0.6) is 0 Å². The highest BCUT2D eigenvalue weighted by atomic mass is 16.1. The Labute approximate surface area is 75.6 Å². The van der Waals surface area contributed by atoms with Gasteiger partial charge in [-0.15, -0.1) is 0 Å². The van der Waals surface area contributed by atoms with Crippen LogP contribution in [0.2, 0.25) is 0 Å². The minimum absolute atomic E-state index is 0.646. The minimum Gasteiger partial charge on any atom is -0.211 e. The van der Waals surface area contributed by atoms with Crippen LogP contribution in [0, 0.1) is 0 Å². The molecule has 0 amide bonds. The Hall–Kier alpha value is -2.02. The van der Waals surface area contributed by atoms with Gasteiger partial charge >= 0.3 is 0 Å². The lowest BCUT2D eigenvalue weighted by atomic mass is 10.3. The fourth-order valence-electron chi connectivity index (χ4n) is 0.555. The molecule has 0 aromatic heterocycles. The third kappa shape index (κ3) is 6.38. The standard InChI is InChI=1S/C7H5NO.C2H3NO/c9-6-8-7-4-2-1-3-5-7;1-3-2-4/h1-5H;1H3. The van der Waals surface area contributed by atoms with Crippen molar-refractivity contribution in [2.75, 3.05) is 7.05 Å². The smallest absolute Gasteiger partial charge is 0.211 e. The first-order valence-electron chi connectivity index (χ1n) is 3.44. The molecular formula is C9H8N2O2. The Balaban J connectivity index is 0.000000310. The van der Waals surface area contributed by atoms with Gasteiger partial charge < -0.3 is 0 Å². The van der Waals surface area contributed by atoms with Crippen molar-refractivity contribution in [3.05, 3.63) is 30.3 Å². The van der Waals surface area contributed by atoms with Gasteiger partial charge in [-0.05, 0) is 12.1 Å². The van der Waals surface area contributed by atoms with Gasteiger partial charge in [0.1, 0.15) is 0 Å². The summed E-state index contributed by atoms with van der Waals surface area (Å²) in [5.74, 6) is 0. The number of aliphatic imine (C=N–C) groups is 2. The summed E-state index contributed by atoms with van der Waals surface area (Å²) in [6, 6.07) is 8.98. The van der Waals surface area contributed by atoms with Gasteiger partial charge in [-0.2, -0.15) is 4.99 Å². The van der Waals surface area contributed by atoms with Crippen LogP contribution < -0.4 is 0 Å². The van der Waals surface area contributed by atoms with Crippen molar-refractivity contribution in [3.63, 3.8) is 0 Å². The zero-order valence-corrected chi connectivity index (χ0v) is 7.10. The zero-order valence-electron chi connectivity index (χ0n) is 7.10. The van der Waals surface area contributed by atoms with Crippen molar-refractivity contribution < 1.29 is 9.59 Å². The SMILES string of the molecule is CN=C=O.O=C=Nc1ccccc1. The third-order valence-corrected chi connectivity index (χ3v) is 1.02. The van der Waals surface area contributed by atoms with E-state index in [0.717, 1.165) is 0 Å². The molecule has 0 radical (unpaired) electrons. The summed E-state index contributed by atoms with van der Waals surface area (Å²) in [5.41, 5.74) is 0.646. The Morgan fingerprint density at radius 1 is 1.08 bits per heavy atom. The van der Waals surface area contributed by atoms with Crippen molar-refractivity contribution in [2.45, 2.75) is 0 Å². The number of hydrogen-bond donors (Lipinski definition) is 0. The molecule has 1 aromatic rings. The lowest BCUT2D eigenvalue weighted by Crippen LogP contribution is -1.59. The number of rotatable bonds is 1. The molecule has 66 valence electrons. The van der Waals surface area contributed by atoms with E-state index >= 15 is 0 Å². The highest BCUT2D eigenvalue weighted by Crippen LogP contribution is 2.06. The van der Waals surface area contributed by atoms with Crippen LogP contribution in [0.25, 0.3) is 0 Å². The summed E-state index contributed by atoms with van der Waals surface area (Å²) in [6.45, 7) is 0. The molecule has 0 unspecified atom stereocenters. The zero-order chi connectivity index (χ0) is 9.94. The maximum absolute atomic E-state index is 9.68. The summed E-state index contributed by atoms with van der Waals surface area (Å²) in [7, 11) is 1.38. The molecule has 0 saturated carbocycles. The number of carbonyl (C=O) groups excluding carboxylic acids is 2. The number of hydrogen-bond acceptors (Lipinski definition) is 4. The van der Waals surface area contributed by atoms with E-state index in [-0.39, 0.29) is 0 Å². The molecule has 0 atom stereocenters. The van der Waals surface area contributed by atoms with Gasteiger partial charge in [0, 0.05) is 7.05 Å². The van der Waals surface area contributed by atoms with Gasteiger partial charge in [-0.25, -0.2) is 14.6 Å². The van der Waals surface area contributed by atoms with E-state index in [9.17, 15) is 4.79 Å². The number of isocyanates is 2. The molecule has 4 heteroatoms.